The summed E-state index contributed by atoms with van der Waals surface area (Å²) in [6, 6.07) is 14.0. The van der Waals surface area contributed by atoms with Crippen molar-refractivity contribution in [3.8, 4) is 11.8 Å². The third-order valence-electron chi connectivity index (χ3n) is 4.61. The Bertz CT molecular complexity index is 1180. The molecule has 1 fully saturated rings. The lowest BCUT2D eigenvalue weighted by molar-refractivity contribution is 0.123. The minimum Gasteiger partial charge on any atom is -0.378 e. The monoisotopic (exact) mass is 355 g/mol. The summed E-state index contributed by atoms with van der Waals surface area (Å²) in [6.07, 6.45) is 3.65. The number of ether oxygens (including phenoxy) is 1. The standard InChI is InChI=1S/C21H17N5O/c1-2-4-19-16(3-1)5-6-17(23-19)7-8-18-15-26-21(24-18)20(9-10-22-26)25-11-13-27-14-12-25/h1-6,9-10,15H,11-14H2. The van der Waals surface area contributed by atoms with E-state index in [4.69, 9.17) is 4.74 Å². The molecule has 0 N–H and O–H groups in total. The lowest BCUT2D eigenvalue weighted by atomic mass is 10.2. The van der Waals surface area contributed by atoms with Gasteiger partial charge in [-0.2, -0.15) is 5.10 Å². The Morgan fingerprint density at radius 3 is 2.67 bits per heavy atom. The maximum atomic E-state index is 5.44. The molecule has 0 radical (unpaired) electrons. The first-order valence-corrected chi connectivity index (χ1v) is 8.92. The van der Waals surface area contributed by atoms with Crippen molar-refractivity contribution in [1.82, 2.24) is 19.6 Å². The largest absolute Gasteiger partial charge is 0.378 e. The van der Waals surface area contributed by atoms with E-state index in [2.05, 4.69) is 31.8 Å². The number of aromatic nitrogens is 4. The van der Waals surface area contributed by atoms with E-state index in [9.17, 15) is 0 Å². The molecule has 1 aliphatic heterocycles. The molecular weight excluding hydrogens is 338 g/mol. The molecule has 4 heterocycles. The topological polar surface area (TPSA) is 55.5 Å². The number of nitrogens with zero attached hydrogens (tertiary/aromatic N) is 5. The van der Waals surface area contributed by atoms with Gasteiger partial charge in [-0.3, -0.25) is 0 Å². The second kappa shape index (κ2) is 6.71. The molecule has 27 heavy (non-hydrogen) atoms. The SMILES string of the molecule is C(#Cc1cn2nccc(N3CCOCC3)c2n1)c1ccc2ccccc2n1. The van der Waals surface area contributed by atoms with E-state index < -0.39 is 0 Å². The van der Waals surface area contributed by atoms with Crippen LogP contribution in [0.15, 0.2) is 54.9 Å². The van der Waals surface area contributed by atoms with Gasteiger partial charge in [0.15, 0.2) is 5.65 Å². The summed E-state index contributed by atoms with van der Waals surface area (Å²) in [6.45, 7) is 3.17. The number of anilines is 1. The van der Waals surface area contributed by atoms with Crippen molar-refractivity contribution in [3.05, 3.63) is 66.2 Å². The van der Waals surface area contributed by atoms with E-state index >= 15 is 0 Å². The fraction of sp³-hybridized carbons (Fsp3) is 0.190. The van der Waals surface area contributed by atoms with Gasteiger partial charge < -0.3 is 9.64 Å². The van der Waals surface area contributed by atoms with Crippen LogP contribution in [-0.4, -0.2) is 45.9 Å². The molecule has 1 aliphatic rings. The van der Waals surface area contributed by atoms with Crippen LogP contribution in [0.4, 0.5) is 5.69 Å². The zero-order valence-corrected chi connectivity index (χ0v) is 14.7. The lowest BCUT2D eigenvalue weighted by Gasteiger charge is -2.28. The van der Waals surface area contributed by atoms with Crippen LogP contribution in [0.25, 0.3) is 16.6 Å². The number of imidazole rings is 1. The van der Waals surface area contributed by atoms with Gasteiger partial charge in [0.25, 0.3) is 0 Å². The molecule has 1 saturated heterocycles. The predicted molar refractivity (Wildman–Crippen MR) is 104 cm³/mol. The molecule has 0 unspecified atom stereocenters. The van der Waals surface area contributed by atoms with Crippen molar-refractivity contribution < 1.29 is 4.74 Å². The minimum absolute atomic E-state index is 0.679. The van der Waals surface area contributed by atoms with Crippen LogP contribution in [0.5, 0.6) is 0 Å². The Morgan fingerprint density at radius 2 is 1.74 bits per heavy atom. The zero-order valence-electron chi connectivity index (χ0n) is 14.7. The number of hydrogen-bond donors (Lipinski definition) is 0. The van der Waals surface area contributed by atoms with E-state index in [-0.39, 0.29) is 0 Å². The summed E-state index contributed by atoms with van der Waals surface area (Å²) in [5.41, 5.74) is 4.22. The van der Waals surface area contributed by atoms with Crippen LogP contribution in [0, 0.1) is 11.8 Å². The number of para-hydroxylation sites is 1. The fourth-order valence-electron chi connectivity index (χ4n) is 3.26. The highest BCUT2D eigenvalue weighted by molar-refractivity contribution is 5.79. The van der Waals surface area contributed by atoms with Crippen LogP contribution >= 0.6 is 0 Å². The minimum atomic E-state index is 0.679. The van der Waals surface area contributed by atoms with Crippen LogP contribution in [0.2, 0.25) is 0 Å². The Labute approximate surface area is 156 Å². The van der Waals surface area contributed by atoms with E-state index in [1.807, 2.05) is 48.7 Å². The van der Waals surface area contributed by atoms with Crippen LogP contribution < -0.4 is 4.90 Å². The Morgan fingerprint density at radius 1 is 0.889 bits per heavy atom. The molecule has 5 rings (SSSR count). The second-order valence-electron chi connectivity index (χ2n) is 6.35. The molecule has 4 aromatic rings. The molecule has 0 spiro atoms. The first-order valence-electron chi connectivity index (χ1n) is 8.92. The van der Waals surface area contributed by atoms with Gasteiger partial charge in [-0.05, 0) is 30.0 Å². The van der Waals surface area contributed by atoms with Gasteiger partial charge in [0.1, 0.15) is 11.4 Å². The Kier molecular flexibility index (Phi) is 3.92. The van der Waals surface area contributed by atoms with Gasteiger partial charge in [-0.1, -0.05) is 24.3 Å². The van der Waals surface area contributed by atoms with E-state index in [1.54, 1.807) is 10.7 Å². The summed E-state index contributed by atoms with van der Waals surface area (Å²) in [5, 5.41) is 5.47. The molecule has 1 aromatic carbocycles. The van der Waals surface area contributed by atoms with Crippen LogP contribution in [0.3, 0.4) is 0 Å². The number of benzene rings is 1. The molecule has 0 saturated carbocycles. The van der Waals surface area contributed by atoms with Crippen LogP contribution in [-0.2, 0) is 4.74 Å². The number of morpholine rings is 1. The summed E-state index contributed by atoms with van der Waals surface area (Å²) in [7, 11) is 0. The van der Waals surface area contributed by atoms with Crippen molar-refractivity contribution in [2.75, 3.05) is 31.2 Å². The Hall–Kier alpha value is -3.43. The highest BCUT2D eigenvalue weighted by atomic mass is 16.5. The summed E-state index contributed by atoms with van der Waals surface area (Å²) < 4.78 is 7.22. The predicted octanol–water partition coefficient (Wildman–Crippen LogP) is 2.51. The molecule has 0 atom stereocenters. The van der Waals surface area contributed by atoms with E-state index in [0.29, 0.717) is 5.69 Å². The van der Waals surface area contributed by atoms with E-state index in [0.717, 1.165) is 54.2 Å². The zero-order chi connectivity index (χ0) is 18.1. The average molecular weight is 355 g/mol. The number of fused-ring (bicyclic) bond motifs is 2. The number of pyridine rings is 1. The van der Waals surface area contributed by atoms with Crippen LogP contribution in [0.1, 0.15) is 11.4 Å². The highest BCUT2D eigenvalue weighted by Gasteiger charge is 2.16. The molecule has 6 nitrogen and oxygen atoms in total. The fourth-order valence-corrected chi connectivity index (χ4v) is 3.26. The molecule has 0 bridgehead atoms. The molecule has 132 valence electrons. The average Bonchev–Trinajstić information content (AvgIpc) is 3.16. The normalized spacial score (nSPS) is 14.3. The lowest BCUT2D eigenvalue weighted by Crippen LogP contribution is -2.36. The van der Waals surface area contributed by atoms with Gasteiger partial charge in [-0.25, -0.2) is 14.5 Å². The smallest absolute Gasteiger partial charge is 0.178 e. The number of hydrogen-bond acceptors (Lipinski definition) is 5. The van der Waals surface area contributed by atoms with Crippen molar-refractivity contribution in [2.24, 2.45) is 0 Å². The van der Waals surface area contributed by atoms with Crippen molar-refractivity contribution in [1.29, 1.82) is 0 Å². The van der Waals surface area contributed by atoms with Crippen molar-refractivity contribution in [3.63, 3.8) is 0 Å². The molecule has 3 aromatic heterocycles. The summed E-state index contributed by atoms with van der Waals surface area (Å²) in [4.78, 5) is 11.5. The van der Waals surface area contributed by atoms with Crippen molar-refractivity contribution >= 4 is 22.2 Å². The first kappa shape index (κ1) is 15.8. The third kappa shape index (κ3) is 3.09. The highest BCUT2D eigenvalue weighted by Crippen LogP contribution is 2.21. The van der Waals surface area contributed by atoms with Crippen molar-refractivity contribution in [2.45, 2.75) is 0 Å². The maximum absolute atomic E-state index is 5.44. The van der Waals surface area contributed by atoms with Gasteiger partial charge in [0.2, 0.25) is 0 Å². The third-order valence-corrected chi connectivity index (χ3v) is 4.61. The van der Waals surface area contributed by atoms with Gasteiger partial charge in [0, 0.05) is 18.5 Å². The van der Waals surface area contributed by atoms with Gasteiger partial charge in [-0.15, -0.1) is 0 Å². The summed E-state index contributed by atoms with van der Waals surface area (Å²) in [5.74, 6) is 6.23. The second-order valence-corrected chi connectivity index (χ2v) is 6.35. The summed E-state index contributed by atoms with van der Waals surface area (Å²) >= 11 is 0. The Balaban J connectivity index is 1.49. The van der Waals surface area contributed by atoms with Gasteiger partial charge in [0.05, 0.1) is 36.8 Å². The quantitative estimate of drug-likeness (QED) is 0.491. The molecule has 0 amide bonds. The number of rotatable bonds is 1. The maximum Gasteiger partial charge on any atom is 0.178 e. The molecule has 6 heteroatoms. The molecular formula is C21H17N5O. The van der Waals surface area contributed by atoms with Gasteiger partial charge >= 0.3 is 0 Å². The first-order chi connectivity index (χ1) is 13.4. The molecule has 0 aliphatic carbocycles. The van der Waals surface area contributed by atoms with E-state index in [1.165, 1.54) is 0 Å².